The second-order valence-electron chi connectivity index (χ2n) is 4.25. The molecule has 4 N–H and O–H groups in total. The van der Waals surface area contributed by atoms with E-state index in [2.05, 4.69) is 29.7 Å². The van der Waals surface area contributed by atoms with Crippen molar-refractivity contribution in [3.05, 3.63) is 46.8 Å². The van der Waals surface area contributed by atoms with Crippen molar-refractivity contribution in [2.75, 3.05) is 18.1 Å². The van der Waals surface area contributed by atoms with Crippen LogP contribution in [0.3, 0.4) is 0 Å². The molecule has 0 saturated carbocycles. The zero-order chi connectivity index (χ0) is 13.8. The average molecular weight is 275 g/mol. The summed E-state index contributed by atoms with van der Waals surface area (Å²) in [4.78, 5) is 12.1. The molecule has 0 saturated heterocycles. The van der Waals surface area contributed by atoms with E-state index in [1.54, 1.807) is 13.1 Å². The Morgan fingerprint density at radius 1 is 1.32 bits per heavy atom. The van der Waals surface area contributed by atoms with E-state index in [1.807, 2.05) is 18.2 Å². The smallest absolute Gasteiger partial charge is 0.263 e. The van der Waals surface area contributed by atoms with Crippen molar-refractivity contribution in [3.63, 3.8) is 0 Å². The number of hydrogen-bond acceptors (Lipinski definition) is 4. The van der Waals surface area contributed by atoms with Gasteiger partial charge in [0, 0.05) is 13.1 Å². The molecule has 1 unspecified atom stereocenters. The largest absolute Gasteiger partial charge is 0.397 e. The summed E-state index contributed by atoms with van der Waals surface area (Å²) in [6, 6.07) is 12.1. The Morgan fingerprint density at radius 3 is 2.63 bits per heavy atom. The van der Waals surface area contributed by atoms with Crippen molar-refractivity contribution in [2.45, 2.75) is 13.0 Å². The number of nitrogen functional groups attached to an aromatic ring is 1. The van der Waals surface area contributed by atoms with E-state index >= 15 is 0 Å². The second-order valence-corrected chi connectivity index (χ2v) is 5.30. The van der Waals surface area contributed by atoms with Crippen molar-refractivity contribution in [1.29, 1.82) is 0 Å². The first kappa shape index (κ1) is 13.4. The molecule has 1 amide bonds. The molecule has 2 aromatic rings. The van der Waals surface area contributed by atoms with E-state index in [-0.39, 0.29) is 11.9 Å². The summed E-state index contributed by atoms with van der Waals surface area (Å²) in [5.41, 5.74) is 7.54. The van der Waals surface area contributed by atoms with Gasteiger partial charge in [-0.3, -0.25) is 4.79 Å². The molecule has 1 aromatic heterocycles. The molecule has 0 radical (unpaired) electrons. The lowest BCUT2D eigenvalue weighted by Gasteiger charge is -2.13. The first-order valence-corrected chi connectivity index (χ1v) is 6.86. The van der Waals surface area contributed by atoms with Gasteiger partial charge in [-0.1, -0.05) is 30.3 Å². The minimum Gasteiger partial charge on any atom is -0.397 e. The van der Waals surface area contributed by atoms with Crippen molar-refractivity contribution in [2.24, 2.45) is 0 Å². The standard InChI is InChI=1S/C14H17N3OS/c1-9(10-6-4-3-5-7-10)17-12-8-11(15)13(19-12)14(18)16-2/h3-9,17H,15H2,1-2H3,(H,16,18). The molecular formula is C14H17N3OS. The number of amides is 1. The van der Waals surface area contributed by atoms with Gasteiger partial charge in [0.1, 0.15) is 4.88 Å². The Balaban J connectivity index is 2.14. The van der Waals surface area contributed by atoms with Crippen LogP contribution in [0.4, 0.5) is 10.7 Å². The molecule has 0 aliphatic rings. The van der Waals surface area contributed by atoms with Crippen LogP contribution >= 0.6 is 11.3 Å². The maximum atomic E-state index is 11.6. The van der Waals surface area contributed by atoms with Gasteiger partial charge in [-0.15, -0.1) is 11.3 Å². The third-order valence-electron chi connectivity index (χ3n) is 2.85. The van der Waals surface area contributed by atoms with E-state index in [9.17, 15) is 4.79 Å². The van der Waals surface area contributed by atoms with E-state index < -0.39 is 0 Å². The number of anilines is 2. The summed E-state index contributed by atoms with van der Waals surface area (Å²) in [5, 5.41) is 6.84. The van der Waals surface area contributed by atoms with Gasteiger partial charge in [0.25, 0.3) is 5.91 Å². The minimum absolute atomic E-state index is 0.150. The number of benzene rings is 1. The second kappa shape index (κ2) is 5.75. The van der Waals surface area contributed by atoms with Gasteiger partial charge in [-0.2, -0.15) is 0 Å². The molecule has 0 spiro atoms. The predicted octanol–water partition coefficient (Wildman–Crippen LogP) is 2.86. The number of nitrogens with two attached hydrogens (primary N) is 1. The first-order chi connectivity index (χ1) is 9.11. The third kappa shape index (κ3) is 3.06. The van der Waals surface area contributed by atoms with Crippen molar-refractivity contribution in [3.8, 4) is 0 Å². The topological polar surface area (TPSA) is 67.2 Å². The van der Waals surface area contributed by atoms with Gasteiger partial charge >= 0.3 is 0 Å². The minimum atomic E-state index is -0.150. The third-order valence-corrected chi connectivity index (χ3v) is 3.93. The number of carbonyl (C=O) groups excluding carboxylic acids is 1. The molecule has 0 aliphatic carbocycles. The summed E-state index contributed by atoms with van der Waals surface area (Å²) in [7, 11) is 1.60. The van der Waals surface area contributed by atoms with Crippen molar-refractivity contribution in [1.82, 2.24) is 5.32 Å². The highest BCUT2D eigenvalue weighted by Crippen LogP contribution is 2.31. The highest BCUT2D eigenvalue weighted by atomic mass is 32.1. The molecule has 0 aliphatic heterocycles. The highest BCUT2D eigenvalue weighted by molar-refractivity contribution is 7.18. The van der Waals surface area contributed by atoms with Gasteiger partial charge in [0.15, 0.2) is 0 Å². The highest BCUT2D eigenvalue weighted by Gasteiger charge is 2.14. The lowest BCUT2D eigenvalue weighted by molar-refractivity contribution is 0.0968. The average Bonchev–Trinajstić information content (AvgIpc) is 2.79. The van der Waals surface area contributed by atoms with Crippen molar-refractivity contribution < 1.29 is 4.79 Å². The van der Waals surface area contributed by atoms with Crippen LogP contribution < -0.4 is 16.4 Å². The fraction of sp³-hybridized carbons (Fsp3) is 0.214. The number of thiophene rings is 1. The first-order valence-electron chi connectivity index (χ1n) is 6.04. The van der Waals surface area contributed by atoms with Gasteiger partial charge in [0.2, 0.25) is 0 Å². The van der Waals surface area contributed by atoms with Crippen LogP contribution in [0.2, 0.25) is 0 Å². The Kier molecular flexibility index (Phi) is 4.06. The Labute approximate surface area is 116 Å². The van der Waals surface area contributed by atoms with Crippen LogP contribution in [-0.2, 0) is 0 Å². The molecule has 0 fully saturated rings. The summed E-state index contributed by atoms with van der Waals surface area (Å²) < 4.78 is 0. The van der Waals surface area contributed by atoms with Crippen LogP contribution in [0.15, 0.2) is 36.4 Å². The summed E-state index contributed by atoms with van der Waals surface area (Å²) in [6.45, 7) is 2.07. The van der Waals surface area contributed by atoms with Crippen molar-refractivity contribution >= 4 is 27.9 Å². The van der Waals surface area contributed by atoms with Crippen LogP contribution in [0.1, 0.15) is 28.2 Å². The number of nitrogens with one attached hydrogen (secondary N) is 2. The normalized spacial score (nSPS) is 11.9. The number of rotatable bonds is 4. The summed E-state index contributed by atoms with van der Waals surface area (Å²) >= 11 is 1.37. The molecule has 19 heavy (non-hydrogen) atoms. The molecule has 100 valence electrons. The Bertz CT molecular complexity index is 565. The lowest BCUT2D eigenvalue weighted by atomic mass is 10.1. The summed E-state index contributed by atoms with van der Waals surface area (Å²) in [6.07, 6.45) is 0. The van der Waals surface area contributed by atoms with E-state index in [0.29, 0.717) is 10.6 Å². The Morgan fingerprint density at radius 2 is 2.00 bits per heavy atom. The molecule has 2 rings (SSSR count). The van der Waals surface area contributed by atoms with E-state index in [1.165, 1.54) is 16.9 Å². The zero-order valence-electron chi connectivity index (χ0n) is 10.9. The van der Waals surface area contributed by atoms with Gasteiger partial charge in [-0.25, -0.2) is 0 Å². The van der Waals surface area contributed by atoms with Crippen LogP contribution in [-0.4, -0.2) is 13.0 Å². The number of hydrogen-bond donors (Lipinski definition) is 3. The quantitative estimate of drug-likeness (QED) is 0.803. The van der Waals surface area contributed by atoms with Gasteiger partial charge in [0.05, 0.1) is 10.7 Å². The van der Waals surface area contributed by atoms with E-state index in [0.717, 1.165) is 5.00 Å². The number of carbonyl (C=O) groups is 1. The Hall–Kier alpha value is -2.01. The summed E-state index contributed by atoms with van der Waals surface area (Å²) in [5.74, 6) is -0.150. The van der Waals surface area contributed by atoms with E-state index in [4.69, 9.17) is 5.73 Å². The van der Waals surface area contributed by atoms with Crippen LogP contribution in [0, 0.1) is 0 Å². The molecular weight excluding hydrogens is 258 g/mol. The van der Waals surface area contributed by atoms with Crippen LogP contribution in [0.5, 0.6) is 0 Å². The monoisotopic (exact) mass is 275 g/mol. The van der Waals surface area contributed by atoms with Gasteiger partial charge < -0.3 is 16.4 Å². The molecule has 1 heterocycles. The lowest BCUT2D eigenvalue weighted by Crippen LogP contribution is -2.17. The molecule has 1 aromatic carbocycles. The fourth-order valence-corrected chi connectivity index (χ4v) is 2.82. The van der Waals surface area contributed by atoms with Crippen LogP contribution in [0.25, 0.3) is 0 Å². The molecule has 0 bridgehead atoms. The SMILES string of the molecule is CNC(=O)c1sc(NC(C)c2ccccc2)cc1N. The predicted molar refractivity (Wildman–Crippen MR) is 80.6 cm³/mol. The maximum absolute atomic E-state index is 11.6. The maximum Gasteiger partial charge on any atom is 0.263 e. The molecule has 1 atom stereocenters. The van der Waals surface area contributed by atoms with Gasteiger partial charge in [-0.05, 0) is 18.6 Å². The molecule has 5 heteroatoms. The fourth-order valence-electron chi connectivity index (χ4n) is 1.81. The molecule has 4 nitrogen and oxygen atoms in total. The zero-order valence-corrected chi connectivity index (χ0v) is 11.8.